The summed E-state index contributed by atoms with van der Waals surface area (Å²) in [5.74, 6) is 3.10. The highest BCUT2D eigenvalue weighted by Crippen LogP contribution is 2.29. The summed E-state index contributed by atoms with van der Waals surface area (Å²) in [6, 6.07) is 0. The third-order valence-corrected chi connectivity index (χ3v) is 4.64. The molecule has 0 saturated carbocycles. The van der Waals surface area contributed by atoms with Gasteiger partial charge in [-0.05, 0) is 63.8 Å². The third kappa shape index (κ3) is 5.42. The third-order valence-electron chi connectivity index (χ3n) is 3.77. The summed E-state index contributed by atoms with van der Waals surface area (Å²) < 4.78 is 5.47. The smallest absolute Gasteiger partial charge is 0.310 e. The van der Waals surface area contributed by atoms with Crippen molar-refractivity contribution in [2.24, 2.45) is 0 Å². The van der Waals surface area contributed by atoms with Gasteiger partial charge in [-0.2, -0.15) is 0 Å². The number of hydrogen-bond donors (Lipinski definition) is 1. The molecule has 1 rings (SSSR count). The van der Waals surface area contributed by atoms with E-state index >= 15 is 0 Å². The number of esters is 1. The van der Waals surface area contributed by atoms with E-state index in [9.17, 15) is 4.79 Å². The largest absolute Gasteiger partial charge is 0.460 e. The fourth-order valence-corrected chi connectivity index (χ4v) is 3.02. The van der Waals surface area contributed by atoms with Crippen molar-refractivity contribution in [3.05, 3.63) is 27.8 Å². The van der Waals surface area contributed by atoms with Crippen LogP contribution in [-0.2, 0) is 16.0 Å². The van der Waals surface area contributed by atoms with Gasteiger partial charge in [-0.25, -0.2) is 0 Å². The van der Waals surface area contributed by atoms with E-state index < -0.39 is 13.7 Å². The Labute approximate surface area is 148 Å². The van der Waals surface area contributed by atoms with E-state index in [0.717, 1.165) is 33.5 Å². The Kier molecular flexibility index (Phi) is 5.94. The molecule has 0 spiro atoms. The molecule has 1 aromatic rings. The van der Waals surface area contributed by atoms with Gasteiger partial charge >= 0.3 is 5.97 Å². The van der Waals surface area contributed by atoms with Crippen molar-refractivity contribution in [1.29, 1.82) is 0 Å². The maximum absolute atomic E-state index is 12.3. The van der Waals surface area contributed by atoms with E-state index in [-0.39, 0.29) is 12.4 Å². The molecule has 0 amide bonds. The van der Waals surface area contributed by atoms with Crippen molar-refractivity contribution in [3.8, 4) is 11.5 Å². The minimum absolute atomic E-state index is 0.223. The average Bonchev–Trinajstić information content (AvgIpc) is 2.38. The molecule has 0 saturated heterocycles. The quantitative estimate of drug-likeness (QED) is 0.376. The Hall–Kier alpha value is -1.73. The van der Waals surface area contributed by atoms with Gasteiger partial charge in [-0.3, -0.25) is 4.79 Å². The van der Waals surface area contributed by atoms with Gasteiger partial charge in [0.15, 0.2) is 0 Å². The molecule has 0 heterocycles. The second-order valence-electron chi connectivity index (χ2n) is 8.41. The number of ether oxygens (including phenoxy) is 1. The molecule has 0 radical (unpaired) electrons. The molecule has 2 N–H and O–H groups in total. The van der Waals surface area contributed by atoms with E-state index in [4.69, 9.17) is 10.5 Å². The fourth-order valence-electron chi connectivity index (χ4n) is 2.52. The number of benzene rings is 1. The first-order chi connectivity index (χ1) is 10.7. The number of hydrogen-bond acceptors (Lipinski definition) is 3. The van der Waals surface area contributed by atoms with Crippen LogP contribution in [0.25, 0.3) is 0 Å². The van der Waals surface area contributed by atoms with Crippen molar-refractivity contribution < 1.29 is 9.53 Å². The Balaban J connectivity index is 3.39. The van der Waals surface area contributed by atoms with Gasteiger partial charge in [0.05, 0.1) is 6.42 Å². The molecular weight excluding hydrogens is 314 g/mol. The highest BCUT2D eigenvalue weighted by Gasteiger charge is 2.21. The second-order valence-corrected chi connectivity index (χ2v) is 13.2. The number of anilines is 1. The first-order valence-electron chi connectivity index (χ1n) is 8.36. The Morgan fingerprint density at radius 1 is 1.08 bits per heavy atom. The Bertz CT molecular complexity index is 711. The molecule has 0 aliphatic carbocycles. The standard InChI is InChI=1S/C20H31NO2Si/c1-13-16(10-11-24(7,8)9)14(2)19(21)15(3)17(13)12-18(22)23-20(4,5)6/h12,21H2,1-9H3. The molecule has 3 nitrogen and oxygen atoms in total. The van der Waals surface area contributed by atoms with Crippen molar-refractivity contribution in [2.75, 3.05) is 5.73 Å². The minimum atomic E-state index is -1.49. The van der Waals surface area contributed by atoms with E-state index in [1.165, 1.54) is 0 Å². The van der Waals surface area contributed by atoms with Crippen LogP contribution in [0.1, 0.15) is 48.6 Å². The molecule has 0 bridgehead atoms. The number of nitrogen functional groups attached to an aromatic ring is 1. The molecule has 0 aliphatic heterocycles. The minimum Gasteiger partial charge on any atom is -0.460 e. The lowest BCUT2D eigenvalue weighted by Crippen LogP contribution is -2.25. The lowest BCUT2D eigenvalue weighted by molar-refractivity contribution is -0.153. The van der Waals surface area contributed by atoms with Crippen LogP contribution < -0.4 is 5.73 Å². The molecule has 24 heavy (non-hydrogen) atoms. The van der Waals surface area contributed by atoms with Gasteiger partial charge in [0.25, 0.3) is 0 Å². The molecule has 1 aromatic carbocycles. The molecule has 0 fully saturated rings. The monoisotopic (exact) mass is 345 g/mol. The van der Waals surface area contributed by atoms with Gasteiger partial charge in [0, 0.05) is 11.3 Å². The lowest BCUT2D eigenvalue weighted by atomic mass is 9.90. The van der Waals surface area contributed by atoms with Crippen LogP contribution in [0.2, 0.25) is 19.6 Å². The van der Waals surface area contributed by atoms with Crippen LogP contribution in [0.15, 0.2) is 0 Å². The zero-order chi connectivity index (χ0) is 18.9. The summed E-state index contributed by atoms with van der Waals surface area (Å²) >= 11 is 0. The summed E-state index contributed by atoms with van der Waals surface area (Å²) in [5, 5.41) is 0. The molecule has 4 heteroatoms. The highest BCUT2D eigenvalue weighted by atomic mass is 28.3. The second kappa shape index (κ2) is 7.02. The van der Waals surface area contributed by atoms with Crippen LogP contribution in [0.5, 0.6) is 0 Å². The SMILES string of the molecule is Cc1c(N)c(C)c(CC(=O)OC(C)(C)C)c(C)c1C#C[Si](C)(C)C. The van der Waals surface area contributed by atoms with Crippen molar-refractivity contribution in [1.82, 2.24) is 0 Å². The molecule has 132 valence electrons. The van der Waals surface area contributed by atoms with Gasteiger partial charge in [0.2, 0.25) is 0 Å². The maximum atomic E-state index is 12.3. The van der Waals surface area contributed by atoms with Crippen LogP contribution in [0, 0.1) is 32.2 Å². The summed E-state index contributed by atoms with van der Waals surface area (Å²) in [7, 11) is -1.49. The molecule has 0 atom stereocenters. The van der Waals surface area contributed by atoms with Crippen LogP contribution in [0.4, 0.5) is 5.69 Å². The van der Waals surface area contributed by atoms with Gasteiger partial charge in [0.1, 0.15) is 13.7 Å². The van der Waals surface area contributed by atoms with Crippen molar-refractivity contribution >= 4 is 19.7 Å². The summed E-state index contributed by atoms with van der Waals surface area (Å²) in [6.07, 6.45) is 0.223. The summed E-state index contributed by atoms with van der Waals surface area (Å²) in [6.45, 7) is 18.2. The van der Waals surface area contributed by atoms with Gasteiger partial charge < -0.3 is 10.5 Å². The van der Waals surface area contributed by atoms with E-state index in [2.05, 4.69) is 31.1 Å². The summed E-state index contributed by atoms with van der Waals surface area (Å²) in [5.41, 5.74) is 14.8. The fraction of sp³-hybridized carbons (Fsp3) is 0.550. The lowest BCUT2D eigenvalue weighted by Gasteiger charge is -2.22. The van der Waals surface area contributed by atoms with E-state index in [1.807, 2.05) is 41.5 Å². The zero-order valence-corrected chi connectivity index (χ0v) is 17.6. The topological polar surface area (TPSA) is 52.3 Å². The predicted molar refractivity (Wildman–Crippen MR) is 105 cm³/mol. The predicted octanol–water partition coefficient (Wildman–Crippen LogP) is 4.31. The molecule has 0 aliphatic rings. The number of carbonyl (C=O) groups excluding carboxylic acids is 1. The molecular formula is C20H31NO2Si. The van der Waals surface area contributed by atoms with Gasteiger partial charge in [-0.15, -0.1) is 5.54 Å². The van der Waals surface area contributed by atoms with E-state index in [0.29, 0.717) is 0 Å². The van der Waals surface area contributed by atoms with Crippen LogP contribution >= 0.6 is 0 Å². The van der Waals surface area contributed by atoms with Crippen molar-refractivity contribution in [3.63, 3.8) is 0 Å². The van der Waals surface area contributed by atoms with Gasteiger partial charge in [-0.1, -0.05) is 25.6 Å². The Morgan fingerprint density at radius 3 is 2.08 bits per heavy atom. The first-order valence-corrected chi connectivity index (χ1v) is 11.9. The molecule has 0 unspecified atom stereocenters. The highest BCUT2D eigenvalue weighted by molar-refractivity contribution is 6.83. The first kappa shape index (κ1) is 20.3. The van der Waals surface area contributed by atoms with Crippen LogP contribution in [-0.4, -0.2) is 19.6 Å². The normalized spacial score (nSPS) is 11.7. The number of rotatable bonds is 2. The maximum Gasteiger partial charge on any atom is 0.310 e. The average molecular weight is 346 g/mol. The zero-order valence-electron chi connectivity index (χ0n) is 16.6. The number of nitrogens with two attached hydrogens (primary N) is 1. The summed E-state index contributed by atoms with van der Waals surface area (Å²) in [4.78, 5) is 12.3. The van der Waals surface area contributed by atoms with Crippen molar-refractivity contribution in [2.45, 2.75) is 73.2 Å². The molecule has 0 aromatic heterocycles. The number of carbonyl (C=O) groups is 1. The van der Waals surface area contributed by atoms with E-state index in [1.54, 1.807) is 0 Å². The Morgan fingerprint density at radius 2 is 1.62 bits per heavy atom. The van der Waals surface area contributed by atoms with Crippen LogP contribution in [0.3, 0.4) is 0 Å².